The number of rotatable bonds is 4. The number of halogens is 1. The lowest BCUT2D eigenvalue weighted by atomic mass is 10.0. The number of alkyl carbamates (subject to hydrolysis) is 1. The molecule has 0 saturated carbocycles. The van der Waals surface area contributed by atoms with Gasteiger partial charge in [0.05, 0.1) is 13.0 Å². The summed E-state index contributed by atoms with van der Waals surface area (Å²) < 4.78 is 18.2. The highest BCUT2D eigenvalue weighted by atomic mass is 19.1. The Morgan fingerprint density at radius 3 is 3.08 bits per heavy atom. The highest BCUT2D eigenvalue weighted by Gasteiger charge is 2.25. The molecule has 1 saturated heterocycles. The molecule has 7 heteroatoms. The maximum absolute atomic E-state index is 13.3. The van der Waals surface area contributed by atoms with Crippen LogP contribution in [0.2, 0.25) is 0 Å². The predicted octanol–water partition coefficient (Wildman–Crippen LogP) is 2.59. The van der Waals surface area contributed by atoms with E-state index in [4.69, 9.17) is 4.74 Å². The third-order valence-corrected chi connectivity index (χ3v) is 4.44. The minimum atomic E-state index is -0.444. The highest BCUT2D eigenvalue weighted by molar-refractivity contribution is 5.89. The van der Waals surface area contributed by atoms with E-state index in [2.05, 4.69) is 10.3 Å². The number of likely N-dealkylation sites (tertiary alicyclic amines) is 1. The van der Waals surface area contributed by atoms with E-state index in [0.717, 1.165) is 23.8 Å². The second kappa shape index (κ2) is 7.55. The lowest BCUT2D eigenvalue weighted by molar-refractivity contribution is -0.131. The molecule has 2 N–H and O–H groups in total. The normalized spacial score (nSPS) is 17.5. The van der Waals surface area contributed by atoms with Crippen LogP contribution in [0.4, 0.5) is 9.18 Å². The van der Waals surface area contributed by atoms with Gasteiger partial charge in [-0.05, 0) is 43.5 Å². The van der Waals surface area contributed by atoms with Crippen LogP contribution in [-0.4, -0.2) is 47.6 Å². The van der Waals surface area contributed by atoms with Crippen LogP contribution >= 0.6 is 0 Å². The molecule has 1 aliphatic heterocycles. The fourth-order valence-electron chi connectivity index (χ4n) is 3.24. The number of ether oxygens (including phenoxy) is 1. The Morgan fingerprint density at radius 1 is 1.44 bits per heavy atom. The summed E-state index contributed by atoms with van der Waals surface area (Å²) in [4.78, 5) is 28.9. The van der Waals surface area contributed by atoms with Gasteiger partial charge in [0.25, 0.3) is 0 Å². The molecule has 2 amide bonds. The molecular formula is C18H22FN3O3. The van der Waals surface area contributed by atoms with Crippen LogP contribution < -0.4 is 5.32 Å². The zero-order valence-electron chi connectivity index (χ0n) is 14.2. The number of aromatic amines is 1. The number of benzene rings is 1. The number of carbonyl (C=O) groups is 2. The van der Waals surface area contributed by atoms with Gasteiger partial charge >= 0.3 is 6.09 Å². The molecule has 1 aromatic heterocycles. The third kappa shape index (κ3) is 4.10. The first-order chi connectivity index (χ1) is 12.1. The molecule has 0 spiro atoms. The monoisotopic (exact) mass is 347 g/mol. The molecular weight excluding hydrogens is 325 g/mol. The van der Waals surface area contributed by atoms with Gasteiger partial charge in [0.1, 0.15) is 5.82 Å². The van der Waals surface area contributed by atoms with Gasteiger partial charge in [-0.15, -0.1) is 0 Å². The number of carbonyl (C=O) groups excluding carboxylic acids is 2. The second-order valence-corrected chi connectivity index (χ2v) is 6.22. The Hall–Kier alpha value is -2.57. The molecule has 0 bridgehead atoms. The molecule has 2 heterocycles. The number of hydrogen-bond acceptors (Lipinski definition) is 3. The Labute approximate surface area is 145 Å². The smallest absolute Gasteiger partial charge is 0.407 e. The molecule has 1 aliphatic rings. The number of nitrogens with one attached hydrogen (secondary N) is 2. The molecule has 134 valence electrons. The fraction of sp³-hybridized carbons (Fsp3) is 0.444. The van der Waals surface area contributed by atoms with Crippen LogP contribution in [-0.2, 0) is 16.0 Å². The summed E-state index contributed by atoms with van der Waals surface area (Å²) in [6.45, 7) is 3.23. The van der Waals surface area contributed by atoms with Crippen LogP contribution in [0.15, 0.2) is 24.4 Å². The topological polar surface area (TPSA) is 74.4 Å². The molecule has 1 aromatic carbocycles. The van der Waals surface area contributed by atoms with Gasteiger partial charge in [-0.25, -0.2) is 9.18 Å². The van der Waals surface area contributed by atoms with E-state index in [1.54, 1.807) is 24.1 Å². The van der Waals surface area contributed by atoms with Crippen LogP contribution in [0.1, 0.15) is 25.3 Å². The summed E-state index contributed by atoms with van der Waals surface area (Å²) in [6, 6.07) is 4.41. The van der Waals surface area contributed by atoms with Gasteiger partial charge in [0, 0.05) is 36.2 Å². The van der Waals surface area contributed by atoms with E-state index in [9.17, 15) is 14.0 Å². The van der Waals surface area contributed by atoms with Gasteiger partial charge in [0.2, 0.25) is 5.91 Å². The largest absolute Gasteiger partial charge is 0.450 e. The van der Waals surface area contributed by atoms with Crippen molar-refractivity contribution in [2.75, 3.05) is 19.7 Å². The molecule has 0 radical (unpaired) electrons. The molecule has 3 rings (SSSR count). The van der Waals surface area contributed by atoms with Gasteiger partial charge < -0.3 is 19.9 Å². The van der Waals surface area contributed by atoms with Crippen LogP contribution in [0.25, 0.3) is 10.9 Å². The minimum absolute atomic E-state index is 0.000541. The zero-order valence-corrected chi connectivity index (χ0v) is 14.2. The second-order valence-electron chi connectivity index (χ2n) is 6.22. The lowest BCUT2D eigenvalue weighted by Crippen LogP contribution is -2.50. The number of nitrogens with zero attached hydrogens (tertiary/aromatic N) is 1. The first-order valence-corrected chi connectivity index (χ1v) is 8.53. The van der Waals surface area contributed by atoms with Gasteiger partial charge in [-0.2, -0.15) is 0 Å². The Balaban J connectivity index is 1.63. The van der Waals surface area contributed by atoms with Crippen molar-refractivity contribution in [3.05, 3.63) is 35.8 Å². The summed E-state index contributed by atoms with van der Waals surface area (Å²) in [5, 5.41) is 3.65. The summed E-state index contributed by atoms with van der Waals surface area (Å²) in [6.07, 6.45) is 3.22. The van der Waals surface area contributed by atoms with Crippen molar-refractivity contribution in [3.8, 4) is 0 Å². The Bertz CT molecular complexity index is 774. The number of aromatic nitrogens is 1. The average molecular weight is 347 g/mol. The molecule has 0 aliphatic carbocycles. The van der Waals surface area contributed by atoms with E-state index in [-0.39, 0.29) is 24.2 Å². The maximum Gasteiger partial charge on any atom is 0.407 e. The molecule has 6 nitrogen and oxygen atoms in total. The van der Waals surface area contributed by atoms with Crippen molar-refractivity contribution < 1.29 is 18.7 Å². The molecule has 1 atom stereocenters. The molecule has 1 unspecified atom stereocenters. The fourth-order valence-corrected chi connectivity index (χ4v) is 3.24. The number of amides is 2. The summed E-state index contributed by atoms with van der Waals surface area (Å²) in [7, 11) is 0. The van der Waals surface area contributed by atoms with Crippen molar-refractivity contribution in [2.45, 2.75) is 32.2 Å². The van der Waals surface area contributed by atoms with Crippen molar-refractivity contribution >= 4 is 22.9 Å². The molecule has 2 aromatic rings. The van der Waals surface area contributed by atoms with E-state index in [0.29, 0.717) is 25.2 Å². The summed E-state index contributed by atoms with van der Waals surface area (Å²) >= 11 is 0. The van der Waals surface area contributed by atoms with E-state index in [1.165, 1.54) is 12.1 Å². The van der Waals surface area contributed by atoms with E-state index >= 15 is 0 Å². The van der Waals surface area contributed by atoms with Crippen LogP contribution in [0.3, 0.4) is 0 Å². The standard InChI is InChI=1S/C18H22FN3O3/c1-2-25-18(24)21-14-4-3-7-22(11-14)17(23)8-12-10-20-16-9-13(19)5-6-15(12)16/h5-6,9-10,14,20H,2-4,7-8,11H2,1H3,(H,21,24). The molecule has 25 heavy (non-hydrogen) atoms. The lowest BCUT2D eigenvalue weighted by Gasteiger charge is -2.33. The van der Waals surface area contributed by atoms with E-state index in [1.807, 2.05) is 0 Å². The molecule has 1 fully saturated rings. The maximum atomic E-state index is 13.3. The van der Waals surface area contributed by atoms with Crippen molar-refractivity contribution in [3.63, 3.8) is 0 Å². The number of hydrogen-bond donors (Lipinski definition) is 2. The van der Waals surface area contributed by atoms with Crippen LogP contribution in [0.5, 0.6) is 0 Å². The highest BCUT2D eigenvalue weighted by Crippen LogP contribution is 2.21. The number of fused-ring (bicyclic) bond motifs is 1. The van der Waals surface area contributed by atoms with Crippen molar-refractivity contribution in [1.82, 2.24) is 15.2 Å². The zero-order chi connectivity index (χ0) is 17.8. The van der Waals surface area contributed by atoms with Crippen molar-refractivity contribution in [2.24, 2.45) is 0 Å². The first-order valence-electron chi connectivity index (χ1n) is 8.53. The number of H-pyrrole nitrogens is 1. The Morgan fingerprint density at radius 2 is 2.28 bits per heavy atom. The Kier molecular flexibility index (Phi) is 5.21. The van der Waals surface area contributed by atoms with Crippen molar-refractivity contribution in [1.29, 1.82) is 0 Å². The first kappa shape index (κ1) is 17.3. The van der Waals surface area contributed by atoms with Gasteiger partial charge in [0.15, 0.2) is 0 Å². The van der Waals surface area contributed by atoms with Gasteiger partial charge in [-0.3, -0.25) is 4.79 Å². The van der Waals surface area contributed by atoms with Gasteiger partial charge in [-0.1, -0.05) is 0 Å². The SMILES string of the molecule is CCOC(=O)NC1CCCN(C(=O)Cc2c[nH]c3cc(F)ccc23)C1. The minimum Gasteiger partial charge on any atom is -0.450 e. The number of piperidine rings is 1. The summed E-state index contributed by atoms with van der Waals surface area (Å²) in [5.41, 5.74) is 1.53. The van der Waals surface area contributed by atoms with Crippen LogP contribution in [0, 0.1) is 5.82 Å². The quantitative estimate of drug-likeness (QED) is 0.893. The predicted molar refractivity (Wildman–Crippen MR) is 91.7 cm³/mol. The van der Waals surface area contributed by atoms with E-state index < -0.39 is 6.09 Å². The third-order valence-electron chi connectivity index (χ3n) is 4.44. The average Bonchev–Trinajstić information content (AvgIpc) is 2.97. The summed E-state index contributed by atoms with van der Waals surface area (Å²) in [5.74, 6) is -0.309.